The zero-order chi connectivity index (χ0) is 18.4. The van der Waals surface area contributed by atoms with E-state index in [-0.39, 0.29) is 5.97 Å². The van der Waals surface area contributed by atoms with Gasteiger partial charge < -0.3 is 15.4 Å². The van der Waals surface area contributed by atoms with Crippen LogP contribution in [0.15, 0.2) is 54.7 Å². The van der Waals surface area contributed by atoms with Gasteiger partial charge in [-0.15, -0.1) is 5.10 Å². The normalized spacial score (nSPS) is 10.2. The third-order valence-corrected chi connectivity index (χ3v) is 3.78. The molecule has 0 aliphatic rings. The molecule has 7 nitrogen and oxygen atoms in total. The molecule has 0 bridgehead atoms. The number of ether oxygens (including phenoxy) is 1. The molecule has 1 heterocycles. The second kappa shape index (κ2) is 8.06. The van der Waals surface area contributed by atoms with Crippen molar-refractivity contribution in [3.8, 4) is 0 Å². The predicted octanol–water partition coefficient (Wildman–Crippen LogP) is 3.71. The Morgan fingerprint density at radius 2 is 1.85 bits per heavy atom. The number of rotatable bonds is 6. The van der Waals surface area contributed by atoms with E-state index in [4.69, 9.17) is 0 Å². The number of anilines is 4. The quantitative estimate of drug-likeness (QED) is 0.656. The van der Waals surface area contributed by atoms with Gasteiger partial charge in [0.15, 0.2) is 5.82 Å². The summed E-state index contributed by atoms with van der Waals surface area (Å²) < 4.78 is 4.68. The van der Waals surface area contributed by atoms with Crippen molar-refractivity contribution < 1.29 is 9.53 Å². The second-order valence-electron chi connectivity index (χ2n) is 5.49. The summed E-state index contributed by atoms with van der Waals surface area (Å²) in [5, 5.41) is 14.3. The molecule has 0 saturated carbocycles. The molecule has 7 heteroatoms. The Labute approximate surface area is 151 Å². The number of aromatic nitrogens is 3. The van der Waals surface area contributed by atoms with Crippen molar-refractivity contribution in [1.29, 1.82) is 0 Å². The summed E-state index contributed by atoms with van der Waals surface area (Å²) in [4.78, 5) is 15.9. The largest absolute Gasteiger partial charge is 0.465 e. The fraction of sp³-hybridized carbons (Fsp3) is 0.158. The van der Waals surface area contributed by atoms with Crippen LogP contribution in [0, 0.1) is 0 Å². The van der Waals surface area contributed by atoms with E-state index in [0.717, 1.165) is 17.8 Å². The van der Waals surface area contributed by atoms with Crippen LogP contribution in [-0.2, 0) is 11.2 Å². The van der Waals surface area contributed by atoms with Crippen molar-refractivity contribution in [2.24, 2.45) is 0 Å². The molecule has 1 aromatic heterocycles. The molecule has 3 aromatic rings. The number of carbonyl (C=O) groups is 1. The zero-order valence-electron chi connectivity index (χ0n) is 14.6. The average Bonchev–Trinajstić information content (AvgIpc) is 2.69. The van der Waals surface area contributed by atoms with E-state index in [1.54, 1.807) is 30.5 Å². The van der Waals surface area contributed by atoms with Crippen molar-refractivity contribution in [1.82, 2.24) is 15.2 Å². The number of para-hydroxylation sites is 1. The highest BCUT2D eigenvalue weighted by atomic mass is 16.5. The molecule has 0 atom stereocenters. The summed E-state index contributed by atoms with van der Waals surface area (Å²) in [6.45, 7) is 2.10. The minimum absolute atomic E-state index is 0.356. The van der Waals surface area contributed by atoms with Crippen LogP contribution < -0.4 is 10.6 Å². The standard InChI is InChI=1S/C19H19N5O2/c1-3-13-6-4-5-7-16(13)22-17-12-20-24-19(23-17)21-15-10-8-14(9-11-15)18(25)26-2/h4-12H,3H2,1-2H3,(H2,21,22,23,24). The summed E-state index contributed by atoms with van der Waals surface area (Å²) >= 11 is 0. The Balaban J connectivity index is 1.74. The van der Waals surface area contributed by atoms with E-state index in [1.807, 2.05) is 18.2 Å². The maximum Gasteiger partial charge on any atom is 0.337 e. The predicted molar refractivity (Wildman–Crippen MR) is 100.0 cm³/mol. The lowest BCUT2D eigenvalue weighted by atomic mass is 10.1. The zero-order valence-corrected chi connectivity index (χ0v) is 14.6. The van der Waals surface area contributed by atoms with Gasteiger partial charge in [-0.3, -0.25) is 0 Å². The van der Waals surface area contributed by atoms with E-state index in [1.165, 1.54) is 12.7 Å². The van der Waals surface area contributed by atoms with Crippen LogP contribution >= 0.6 is 0 Å². The maximum atomic E-state index is 11.5. The SMILES string of the molecule is CCc1ccccc1Nc1cnnc(Nc2ccc(C(=O)OC)cc2)n1. The number of hydrogen-bond acceptors (Lipinski definition) is 7. The second-order valence-corrected chi connectivity index (χ2v) is 5.49. The third-order valence-electron chi connectivity index (χ3n) is 3.78. The Kier molecular flexibility index (Phi) is 5.38. The van der Waals surface area contributed by atoms with Gasteiger partial charge in [0.05, 0.1) is 18.9 Å². The lowest BCUT2D eigenvalue weighted by molar-refractivity contribution is 0.0601. The first-order chi connectivity index (χ1) is 12.7. The van der Waals surface area contributed by atoms with Gasteiger partial charge in [-0.05, 0) is 42.3 Å². The minimum atomic E-state index is -0.379. The summed E-state index contributed by atoms with van der Waals surface area (Å²) in [5.41, 5.74) is 3.40. The van der Waals surface area contributed by atoms with Crippen molar-refractivity contribution in [3.63, 3.8) is 0 Å². The average molecular weight is 349 g/mol. The van der Waals surface area contributed by atoms with Crippen LogP contribution in [0.25, 0.3) is 0 Å². The lowest BCUT2D eigenvalue weighted by Gasteiger charge is -2.11. The van der Waals surface area contributed by atoms with Gasteiger partial charge in [-0.25, -0.2) is 4.79 Å². The van der Waals surface area contributed by atoms with Gasteiger partial charge in [0.25, 0.3) is 0 Å². The van der Waals surface area contributed by atoms with E-state index < -0.39 is 0 Å². The molecule has 0 saturated heterocycles. The van der Waals surface area contributed by atoms with Gasteiger partial charge in [0, 0.05) is 11.4 Å². The maximum absolute atomic E-state index is 11.5. The van der Waals surface area contributed by atoms with E-state index in [9.17, 15) is 4.79 Å². The van der Waals surface area contributed by atoms with Crippen LogP contribution in [0.4, 0.5) is 23.1 Å². The fourth-order valence-corrected chi connectivity index (χ4v) is 2.44. The van der Waals surface area contributed by atoms with Crippen LogP contribution in [-0.4, -0.2) is 28.3 Å². The minimum Gasteiger partial charge on any atom is -0.465 e. The number of esters is 1. The van der Waals surface area contributed by atoms with Crippen molar-refractivity contribution in [3.05, 3.63) is 65.9 Å². The molecular formula is C19H19N5O2. The molecule has 0 aliphatic heterocycles. The number of benzene rings is 2. The molecule has 132 valence electrons. The summed E-state index contributed by atoms with van der Waals surface area (Å²) in [5.74, 6) is 0.569. The van der Waals surface area contributed by atoms with Crippen molar-refractivity contribution in [2.75, 3.05) is 17.7 Å². The molecular weight excluding hydrogens is 330 g/mol. The topological polar surface area (TPSA) is 89.0 Å². The first-order valence-corrected chi connectivity index (χ1v) is 8.19. The molecule has 0 radical (unpaired) electrons. The van der Waals surface area contributed by atoms with E-state index in [2.05, 4.69) is 43.5 Å². The van der Waals surface area contributed by atoms with Crippen LogP contribution in [0.1, 0.15) is 22.8 Å². The number of nitrogens with one attached hydrogen (secondary N) is 2. The van der Waals surface area contributed by atoms with E-state index in [0.29, 0.717) is 17.3 Å². The van der Waals surface area contributed by atoms with Gasteiger partial charge in [-0.1, -0.05) is 25.1 Å². The highest BCUT2D eigenvalue weighted by Crippen LogP contribution is 2.21. The highest BCUT2D eigenvalue weighted by Gasteiger charge is 2.07. The summed E-state index contributed by atoms with van der Waals surface area (Å²) in [6.07, 6.45) is 2.48. The lowest BCUT2D eigenvalue weighted by Crippen LogP contribution is -2.04. The summed E-state index contributed by atoms with van der Waals surface area (Å²) in [7, 11) is 1.35. The molecule has 3 rings (SSSR count). The number of nitrogens with zero attached hydrogens (tertiary/aromatic N) is 3. The Hall–Kier alpha value is -3.48. The first-order valence-electron chi connectivity index (χ1n) is 8.19. The highest BCUT2D eigenvalue weighted by molar-refractivity contribution is 5.89. The van der Waals surface area contributed by atoms with Crippen LogP contribution in [0.2, 0.25) is 0 Å². The molecule has 2 aromatic carbocycles. The Morgan fingerprint density at radius 1 is 1.08 bits per heavy atom. The van der Waals surface area contributed by atoms with Gasteiger partial charge in [-0.2, -0.15) is 10.1 Å². The smallest absolute Gasteiger partial charge is 0.337 e. The third kappa shape index (κ3) is 4.13. The molecule has 0 aliphatic carbocycles. The molecule has 2 N–H and O–H groups in total. The fourth-order valence-electron chi connectivity index (χ4n) is 2.44. The monoisotopic (exact) mass is 349 g/mol. The molecule has 0 amide bonds. The Bertz CT molecular complexity index is 896. The first kappa shape index (κ1) is 17.3. The van der Waals surface area contributed by atoms with E-state index >= 15 is 0 Å². The molecule has 0 unspecified atom stereocenters. The van der Waals surface area contributed by atoms with Gasteiger partial charge in [0.2, 0.25) is 5.95 Å². The van der Waals surface area contributed by atoms with Crippen molar-refractivity contribution >= 4 is 29.1 Å². The number of aryl methyl sites for hydroxylation is 1. The number of carbonyl (C=O) groups excluding carboxylic acids is 1. The van der Waals surface area contributed by atoms with Crippen LogP contribution in [0.5, 0.6) is 0 Å². The number of hydrogen-bond donors (Lipinski definition) is 2. The van der Waals surface area contributed by atoms with Crippen LogP contribution in [0.3, 0.4) is 0 Å². The van der Waals surface area contributed by atoms with Crippen molar-refractivity contribution in [2.45, 2.75) is 13.3 Å². The number of methoxy groups -OCH3 is 1. The van der Waals surface area contributed by atoms with Gasteiger partial charge >= 0.3 is 5.97 Å². The molecule has 26 heavy (non-hydrogen) atoms. The Morgan fingerprint density at radius 3 is 2.58 bits per heavy atom. The molecule has 0 spiro atoms. The summed E-state index contributed by atoms with van der Waals surface area (Å²) in [6, 6.07) is 14.9. The van der Waals surface area contributed by atoms with Gasteiger partial charge in [0.1, 0.15) is 0 Å². The molecule has 0 fully saturated rings.